The SMILES string of the molecule is COc1cc(C)[nH]c(=O)c1CNC(=O)c1cc2c(C3=CC=C(C)N(C)N3)ccn2c([C@H](C)N2CCN(CC(F)(F)F)CC2)c1C. The number of pyridine rings is 2. The number of H-pyrrole nitrogens is 1. The van der Waals surface area contributed by atoms with Crippen molar-refractivity contribution in [1.82, 2.24) is 34.9 Å². The van der Waals surface area contributed by atoms with Crippen LogP contribution in [0.3, 0.4) is 0 Å². The summed E-state index contributed by atoms with van der Waals surface area (Å²) in [5, 5.41) is 4.82. The van der Waals surface area contributed by atoms with Gasteiger partial charge in [0, 0.05) is 73.7 Å². The number of carbonyl (C=O) groups is 1. The topological polar surface area (TPSA) is 97.3 Å². The molecule has 5 rings (SSSR count). The third-order valence-corrected chi connectivity index (χ3v) is 8.73. The van der Waals surface area contributed by atoms with Gasteiger partial charge in [0.2, 0.25) is 0 Å². The molecule has 2 aliphatic rings. The Kier molecular flexibility index (Phi) is 9.04. The maximum Gasteiger partial charge on any atom is 0.401 e. The highest BCUT2D eigenvalue weighted by atomic mass is 19.4. The van der Waals surface area contributed by atoms with Gasteiger partial charge in [-0.05, 0) is 63.6 Å². The maximum absolute atomic E-state index is 13.8. The summed E-state index contributed by atoms with van der Waals surface area (Å²) < 4.78 is 46.5. The molecule has 0 bridgehead atoms. The first-order chi connectivity index (χ1) is 21.3. The number of carbonyl (C=O) groups excluding carboxylic acids is 1. The molecule has 1 fully saturated rings. The monoisotopic (exact) mass is 627 g/mol. The summed E-state index contributed by atoms with van der Waals surface area (Å²) >= 11 is 0. The average molecular weight is 628 g/mol. The number of aromatic nitrogens is 2. The number of aryl methyl sites for hydroxylation is 1. The van der Waals surface area contributed by atoms with Crippen molar-refractivity contribution >= 4 is 17.1 Å². The third-order valence-electron chi connectivity index (χ3n) is 8.73. The zero-order valence-electron chi connectivity index (χ0n) is 26.4. The van der Waals surface area contributed by atoms with E-state index in [1.165, 1.54) is 12.0 Å². The van der Waals surface area contributed by atoms with Gasteiger partial charge < -0.3 is 19.4 Å². The van der Waals surface area contributed by atoms with Crippen LogP contribution in [-0.2, 0) is 6.54 Å². The molecule has 3 N–H and O–H groups in total. The van der Waals surface area contributed by atoms with Crippen molar-refractivity contribution in [3.8, 4) is 5.75 Å². The van der Waals surface area contributed by atoms with Crippen molar-refractivity contribution < 1.29 is 22.7 Å². The fourth-order valence-electron chi connectivity index (χ4n) is 6.15. The first kappa shape index (κ1) is 32.2. The molecule has 3 aromatic heterocycles. The number of hydrogen-bond donors (Lipinski definition) is 3. The first-order valence-electron chi connectivity index (χ1n) is 14.9. The fraction of sp³-hybridized carbons (Fsp3) is 0.438. The molecule has 0 aromatic carbocycles. The highest BCUT2D eigenvalue weighted by molar-refractivity contribution is 5.98. The highest BCUT2D eigenvalue weighted by Crippen LogP contribution is 2.33. The quantitative estimate of drug-likeness (QED) is 0.346. The second kappa shape index (κ2) is 12.6. The minimum Gasteiger partial charge on any atom is -0.496 e. The van der Waals surface area contributed by atoms with Crippen LogP contribution in [0.15, 0.2) is 47.0 Å². The number of rotatable bonds is 8. The first-order valence-corrected chi connectivity index (χ1v) is 14.9. The molecule has 0 spiro atoms. The van der Waals surface area contributed by atoms with Gasteiger partial charge in [-0.3, -0.25) is 29.8 Å². The van der Waals surface area contributed by atoms with Gasteiger partial charge in [-0.25, -0.2) is 0 Å². The van der Waals surface area contributed by atoms with E-state index in [9.17, 15) is 22.8 Å². The number of hydrazine groups is 1. The Balaban J connectivity index is 1.52. The van der Waals surface area contributed by atoms with Gasteiger partial charge >= 0.3 is 6.18 Å². The Morgan fingerprint density at radius 1 is 1.11 bits per heavy atom. The number of halogens is 3. The van der Waals surface area contributed by atoms with Gasteiger partial charge in [0.1, 0.15) is 5.75 Å². The number of amides is 1. The second-order valence-electron chi connectivity index (χ2n) is 11.7. The number of piperazine rings is 1. The van der Waals surface area contributed by atoms with Gasteiger partial charge in [0.15, 0.2) is 0 Å². The Hall–Kier alpha value is -4.23. The Labute approximate surface area is 260 Å². The van der Waals surface area contributed by atoms with Crippen LogP contribution in [0.4, 0.5) is 13.2 Å². The van der Waals surface area contributed by atoms with E-state index in [0.29, 0.717) is 48.7 Å². The van der Waals surface area contributed by atoms with Crippen LogP contribution in [0.1, 0.15) is 58.3 Å². The lowest BCUT2D eigenvalue weighted by molar-refractivity contribution is -0.149. The number of fused-ring (bicyclic) bond motifs is 1. The number of alkyl halides is 3. The molecule has 0 unspecified atom stereocenters. The lowest BCUT2D eigenvalue weighted by atomic mass is 9.99. The normalized spacial score (nSPS) is 17.1. The number of ether oxygens (including phenoxy) is 1. The lowest BCUT2D eigenvalue weighted by Gasteiger charge is -2.39. The van der Waals surface area contributed by atoms with E-state index in [1.54, 1.807) is 13.0 Å². The summed E-state index contributed by atoms with van der Waals surface area (Å²) in [7, 11) is 3.40. The lowest BCUT2D eigenvalue weighted by Crippen LogP contribution is -2.49. The molecule has 3 aromatic rings. The minimum atomic E-state index is -4.24. The highest BCUT2D eigenvalue weighted by Gasteiger charge is 2.34. The van der Waals surface area contributed by atoms with Gasteiger partial charge in [0.25, 0.3) is 11.5 Å². The van der Waals surface area contributed by atoms with Crippen molar-refractivity contribution in [2.45, 2.75) is 46.5 Å². The van der Waals surface area contributed by atoms with Crippen molar-refractivity contribution in [2.75, 3.05) is 46.9 Å². The van der Waals surface area contributed by atoms with Gasteiger partial charge in [0.05, 0.1) is 37.0 Å². The summed E-state index contributed by atoms with van der Waals surface area (Å²) in [5.41, 5.74) is 9.65. The number of nitrogens with one attached hydrogen (secondary N) is 3. The Morgan fingerprint density at radius 2 is 1.82 bits per heavy atom. The van der Waals surface area contributed by atoms with E-state index in [-0.39, 0.29) is 24.1 Å². The molecular weight excluding hydrogens is 587 g/mol. The molecule has 13 heteroatoms. The van der Waals surface area contributed by atoms with E-state index < -0.39 is 12.7 Å². The number of hydrogen-bond acceptors (Lipinski definition) is 7. The molecule has 2 aliphatic heterocycles. The molecule has 5 heterocycles. The molecule has 0 saturated carbocycles. The largest absolute Gasteiger partial charge is 0.496 e. The molecule has 1 saturated heterocycles. The van der Waals surface area contributed by atoms with Crippen LogP contribution < -0.4 is 21.0 Å². The van der Waals surface area contributed by atoms with E-state index in [1.807, 2.05) is 63.3 Å². The summed E-state index contributed by atoms with van der Waals surface area (Å²) in [6.07, 6.45) is 1.73. The van der Waals surface area contributed by atoms with Crippen LogP contribution >= 0.6 is 0 Å². The van der Waals surface area contributed by atoms with Crippen LogP contribution in [0, 0.1) is 13.8 Å². The van der Waals surface area contributed by atoms with Gasteiger partial charge in [-0.1, -0.05) is 0 Å². The van der Waals surface area contributed by atoms with Gasteiger partial charge in [-0.2, -0.15) is 13.2 Å². The van der Waals surface area contributed by atoms with Crippen molar-refractivity contribution in [1.29, 1.82) is 0 Å². The van der Waals surface area contributed by atoms with E-state index in [0.717, 1.165) is 33.7 Å². The zero-order valence-corrected chi connectivity index (χ0v) is 26.4. The molecular formula is C32H40F3N7O3. The number of nitrogens with zero attached hydrogens (tertiary/aromatic N) is 4. The number of allylic oxidation sites excluding steroid dienone is 3. The van der Waals surface area contributed by atoms with Crippen LogP contribution in [0.5, 0.6) is 5.75 Å². The van der Waals surface area contributed by atoms with Crippen molar-refractivity contribution in [3.63, 3.8) is 0 Å². The summed E-state index contributed by atoms with van der Waals surface area (Å²) in [4.78, 5) is 32.9. The summed E-state index contributed by atoms with van der Waals surface area (Å²) in [6.45, 7) is 8.21. The average Bonchev–Trinajstić information content (AvgIpc) is 3.40. The second-order valence-corrected chi connectivity index (χ2v) is 11.7. The number of methoxy groups -OCH3 is 1. The predicted molar refractivity (Wildman–Crippen MR) is 167 cm³/mol. The maximum atomic E-state index is 13.8. The smallest absolute Gasteiger partial charge is 0.401 e. The van der Waals surface area contributed by atoms with Crippen LogP contribution in [-0.4, -0.2) is 83.2 Å². The molecule has 0 aliphatic carbocycles. The van der Waals surface area contributed by atoms with Crippen LogP contribution in [0.25, 0.3) is 11.2 Å². The van der Waals surface area contributed by atoms with Crippen molar-refractivity contribution in [3.05, 3.63) is 86.2 Å². The minimum absolute atomic E-state index is 0.0380. The Morgan fingerprint density at radius 3 is 2.47 bits per heavy atom. The molecule has 1 amide bonds. The van der Waals surface area contributed by atoms with Crippen LogP contribution in [0.2, 0.25) is 0 Å². The van der Waals surface area contributed by atoms with Gasteiger partial charge in [-0.15, -0.1) is 0 Å². The number of aromatic amines is 1. The van der Waals surface area contributed by atoms with E-state index in [4.69, 9.17) is 4.74 Å². The third kappa shape index (κ3) is 6.74. The summed E-state index contributed by atoms with van der Waals surface area (Å²) in [5.74, 6) is 0.0328. The fourth-order valence-corrected chi connectivity index (χ4v) is 6.15. The molecule has 242 valence electrons. The predicted octanol–water partition coefficient (Wildman–Crippen LogP) is 4.12. The van der Waals surface area contributed by atoms with E-state index in [2.05, 4.69) is 25.0 Å². The molecule has 1 atom stereocenters. The molecule has 0 radical (unpaired) electrons. The Bertz CT molecular complexity index is 1720. The van der Waals surface area contributed by atoms with E-state index >= 15 is 0 Å². The molecule has 45 heavy (non-hydrogen) atoms. The summed E-state index contributed by atoms with van der Waals surface area (Å²) in [6, 6.07) is 5.35. The standard InChI is InChI=1S/C32H40F3N7O3/c1-19-15-28(45-6)25(31(44)37-19)17-36-30(43)24-16-27-23(26-8-7-20(2)39(5)38-26)9-10-42(27)29(21(24)3)22(4)41-13-11-40(12-14-41)18-32(33,34)35/h7-10,15-16,22,38H,11-14,17-18H2,1-6H3,(H,36,43)(H,37,44)/t22-/m0/s1. The molecule has 10 nitrogen and oxygen atoms in total. The zero-order chi connectivity index (χ0) is 32.6. The van der Waals surface area contributed by atoms with Crippen molar-refractivity contribution in [2.24, 2.45) is 0 Å².